The number of aliphatic hydroxyl groups is 1. The minimum atomic E-state index is -3.94. The second-order valence-electron chi connectivity index (χ2n) is 9.45. The molecule has 1 heterocycles. The average molecular weight is 512 g/mol. The predicted molar refractivity (Wildman–Crippen MR) is 124 cm³/mol. The molecule has 35 heavy (non-hydrogen) atoms. The number of benzene rings is 2. The standard InChI is InChI=1S/C24H28F3N3O4S/c1-29(2)35(33,34)28-22-19(30(14-24(22)8-9-24)23(32)20(31)13-25)11-16-10-17(26)12-18(21(16)27)15-6-4-3-5-7-15/h3-7,10,12,19-20,22,28,31H,8-9,11,13-14H2,1-2H3/t19-,20+,22+/m0/s1. The molecule has 1 saturated heterocycles. The van der Waals surface area contributed by atoms with Crippen molar-refractivity contribution in [2.45, 2.75) is 37.5 Å². The summed E-state index contributed by atoms with van der Waals surface area (Å²) in [7, 11) is -1.25. The van der Waals surface area contributed by atoms with Crippen LogP contribution in [0.5, 0.6) is 0 Å². The molecule has 1 amide bonds. The van der Waals surface area contributed by atoms with Gasteiger partial charge in [0.25, 0.3) is 16.1 Å². The van der Waals surface area contributed by atoms with Gasteiger partial charge in [-0.2, -0.15) is 17.4 Å². The van der Waals surface area contributed by atoms with Crippen molar-refractivity contribution in [2.24, 2.45) is 5.41 Å². The summed E-state index contributed by atoms with van der Waals surface area (Å²) in [6.07, 6.45) is -0.952. The zero-order valence-corrected chi connectivity index (χ0v) is 20.2. The minimum Gasteiger partial charge on any atom is -0.381 e. The molecule has 0 aromatic heterocycles. The Balaban J connectivity index is 1.76. The molecule has 1 aliphatic heterocycles. The van der Waals surface area contributed by atoms with Crippen molar-refractivity contribution < 1.29 is 31.5 Å². The van der Waals surface area contributed by atoms with E-state index in [1.807, 2.05) is 0 Å². The number of rotatable bonds is 8. The number of halogens is 3. The summed E-state index contributed by atoms with van der Waals surface area (Å²) in [4.78, 5) is 14.1. The zero-order valence-electron chi connectivity index (χ0n) is 19.4. The van der Waals surface area contributed by atoms with E-state index in [0.717, 1.165) is 16.4 Å². The third-order valence-corrected chi connectivity index (χ3v) is 8.43. The maximum atomic E-state index is 15.6. The van der Waals surface area contributed by atoms with E-state index >= 15 is 4.39 Å². The van der Waals surface area contributed by atoms with E-state index in [9.17, 15) is 27.1 Å². The number of hydrogen-bond acceptors (Lipinski definition) is 4. The van der Waals surface area contributed by atoms with Gasteiger partial charge in [-0.15, -0.1) is 0 Å². The summed E-state index contributed by atoms with van der Waals surface area (Å²) >= 11 is 0. The normalized spacial score (nSPS) is 22.1. The number of carbonyl (C=O) groups excluding carboxylic acids is 1. The first kappa shape index (κ1) is 25.6. The van der Waals surface area contributed by atoms with Gasteiger partial charge in [0.1, 0.15) is 18.3 Å². The Morgan fingerprint density at radius 3 is 2.46 bits per heavy atom. The fourth-order valence-corrected chi connectivity index (χ4v) is 5.75. The molecular formula is C24H28F3N3O4S. The average Bonchev–Trinajstić information content (AvgIpc) is 3.55. The first-order valence-electron chi connectivity index (χ1n) is 11.3. The molecule has 0 radical (unpaired) electrons. The SMILES string of the molecule is CN(C)S(=O)(=O)N[C@@H]1[C@H](Cc2cc(F)cc(-c3ccccc3)c2F)N(C(=O)[C@H](O)CF)CC12CC2. The van der Waals surface area contributed by atoms with E-state index in [1.165, 1.54) is 19.0 Å². The first-order chi connectivity index (χ1) is 16.5. The number of nitrogens with zero attached hydrogens (tertiary/aromatic N) is 2. The molecular weight excluding hydrogens is 483 g/mol. The van der Waals surface area contributed by atoms with Crippen LogP contribution < -0.4 is 4.72 Å². The Morgan fingerprint density at radius 2 is 1.89 bits per heavy atom. The van der Waals surface area contributed by atoms with Crippen molar-refractivity contribution in [1.29, 1.82) is 0 Å². The fraction of sp³-hybridized carbons (Fsp3) is 0.458. The van der Waals surface area contributed by atoms with Crippen molar-refractivity contribution >= 4 is 16.1 Å². The van der Waals surface area contributed by atoms with Gasteiger partial charge in [-0.3, -0.25) is 4.79 Å². The highest BCUT2D eigenvalue weighted by atomic mass is 32.2. The lowest BCUT2D eigenvalue weighted by Crippen LogP contribution is -2.53. The Kier molecular flexibility index (Phi) is 6.98. The number of carbonyl (C=O) groups is 1. The maximum absolute atomic E-state index is 15.6. The van der Waals surface area contributed by atoms with Crippen LogP contribution in [0.2, 0.25) is 0 Å². The third-order valence-electron chi connectivity index (χ3n) is 6.92. The van der Waals surface area contributed by atoms with E-state index in [4.69, 9.17) is 0 Å². The predicted octanol–water partition coefficient (Wildman–Crippen LogP) is 2.26. The minimum absolute atomic E-state index is 0.0341. The Morgan fingerprint density at radius 1 is 1.23 bits per heavy atom. The van der Waals surface area contributed by atoms with Crippen LogP contribution in [-0.4, -0.2) is 74.1 Å². The number of nitrogens with one attached hydrogen (secondary N) is 1. The van der Waals surface area contributed by atoms with E-state index in [2.05, 4.69) is 4.72 Å². The molecule has 1 spiro atoms. The van der Waals surface area contributed by atoms with Gasteiger partial charge in [-0.05, 0) is 42.5 Å². The number of amides is 1. The topological polar surface area (TPSA) is 90.0 Å². The summed E-state index contributed by atoms with van der Waals surface area (Å²) < 4.78 is 72.4. The van der Waals surface area contributed by atoms with Crippen LogP contribution >= 0.6 is 0 Å². The van der Waals surface area contributed by atoms with E-state index < -0.39 is 58.0 Å². The molecule has 2 aromatic carbocycles. The molecule has 3 atom stereocenters. The molecule has 0 bridgehead atoms. The molecule has 2 aromatic rings. The number of aliphatic hydroxyl groups excluding tert-OH is 1. The van der Waals surface area contributed by atoms with Crippen LogP contribution in [0.1, 0.15) is 18.4 Å². The van der Waals surface area contributed by atoms with Crippen LogP contribution in [0.25, 0.3) is 11.1 Å². The second kappa shape index (κ2) is 9.53. The van der Waals surface area contributed by atoms with Crippen molar-refractivity contribution in [3.63, 3.8) is 0 Å². The smallest absolute Gasteiger partial charge is 0.279 e. The molecule has 0 unspecified atom stereocenters. The van der Waals surface area contributed by atoms with Gasteiger partial charge < -0.3 is 10.0 Å². The third kappa shape index (κ3) is 4.95. The van der Waals surface area contributed by atoms with Crippen LogP contribution in [0.15, 0.2) is 42.5 Å². The zero-order chi connectivity index (χ0) is 25.5. The lowest BCUT2D eigenvalue weighted by molar-refractivity contribution is -0.142. The highest BCUT2D eigenvalue weighted by Gasteiger charge is 2.61. The summed E-state index contributed by atoms with van der Waals surface area (Å²) in [5.41, 5.74) is -0.174. The van der Waals surface area contributed by atoms with Crippen LogP contribution in [0, 0.1) is 17.0 Å². The number of likely N-dealkylation sites (tertiary alicyclic amines) is 1. The molecule has 7 nitrogen and oxygen atoms in total. The van der Waals surface area contributed by atoms with Crippen molar-refractivity contribution in [2.75, 3.05) is 27.3 Å². The highest BCUT2D eigenvalue weighted by molar-refractivity contribution is 7.87. The fourth-order valence-electron chi connectivity index (χ4n) is 4.82. The van der Waals surface area contributed by atoms with Gasteiger partial charge >= 0.3 is 0 Å². The van der Waals surface area contributed by atoms with Gasteiger partial charge in [-0.1, -0.05) is 30.3 Å². The lowest BCUT2D eigenvalue weighted by atomic mass is 9.91. The summed E-state index contributed by atoms with van der Waals surface area (Å²) in [5.74, 6) is -2.29. The molecule has 2 aliphatic rings. The molecule has 1 aliphatic carbocycles. The molecule has 2 fully saturated rings. The van der Waals surface area contributed by atoms with Crippen molar-refractivity contribution in [3.05, 3.63) is 59.7 Å². The summed E-state index contributed by atoms with van der Waals surface area (Å²) in [6.45, 7) is -1.23. The quantitative estimate of drug-likeness (QED) is 0.569. The van der Waals surface area contributed by atoms with E-state index in [1.54, 1.807) is 30.3 Å². The van der Waals surface area contributed by atoms with Crippen molar-refractivity contribution in [3.8, 4) is 11.1 Å². The van der Waals surface area contributed by atoms with Crippen LogP contribution in [0.3, 0.4) is 0 Å². The number of hydrogen-bond donors (Lipinski definition) is 2. The van der Waals surface area contributed by atoms with Gasteiger partial charge in [-0.25, -0.2) is 13.2 Å². The second-order valence-corrected chi connectivity index (χ2v) is 11.4. The lowest BCUT2D eigenvalue weighted by Gasteiger charge is -2.31. The maximum Gasteiger partial charge on any atom is 0.279 e. The molecule has 1 saturated carbocycles. The van der Waals surface area contributed by atoms with Gasteiger partial charge in [0.2, 0.25) is 0 Å². The largest absolute Gasteiger partial charge is 0.381 e. The summed E-state index contributed by atoms with van der Waals surface area (Å²) in [6, 6.07) is 8.72. The van der Waals surface area contributed by atoms with Crippen LogP contribution in [-0.2, 0) is 21.4 Å². The van der Waals surface area contributed by atoms with Crippen LogP contribution in [0.4, 0.5) is 13.2 Å². The summed E-state index contributed by atoms with van der Waals surface area (Å²) in [5, 5.41) is 9.91. The van der Waals surface area contributed by atoms with Gasteiger partial charge in [0, 0.05) is 31.6 Å². The van der Waals surface area contributed by atoms with Gasteiger partial charge in [0.05, 0.1) is 12.1 Å². The molecule has 4 rings (SSSR count). The highest BCUT2D eigenvalue weighted by Crippen LogP contribution is 2.55. The van der Waals surface area contributed by atoms with E-state index in [-0.39, 0.29) is 24.1 Å². The van der Waals surface area contributed by atoms with E-state index in [0.29, 0.717) is 18.4 Å². The van der Waals surface area contributed by atoms with Crippen molar-refractivity contribution in [1.82, 2.24) is 13.9 Å². The first-order valence-corrected chi connectivity index (χ1v) is 12.7. The molecule has 190 valence electrons. The van der Waals surface area contributed by atoms with Gasteiger partial charge in [0.15, 0.2) is 6.10 Å². The molecule has 11 heteroatoms. The Labute approximate surface area is 202 Å². The number of alkyl halides is 1. The molecule has 2 N–H and O–H groups in total. The monoisotopic (exact) mass is 511 g/mol. The Hall–Kier alpha value is -2.47. The Bertz CT molecular complexity index is 1210.